The van der Waals surface area contributed by atoms with Gasteiger partial charge in [-0.3, -0.25) is 19.9 Å². The first-order valence-corrected chi connectivity index (χ1v) is 4.24. The van der Waals surface area contributed by atoms with Gasteiger partial charge in [0.05, 0.1) is 16.6 Å². The smallest absolute Gasteiger partial charge is 0.293 e. The Kier molecular flexibility index (Phi) is 3.32. The highest BCUT2D eigenvalue weighted by Gasteiger charge is 2.28. The number of hydrogen-bond donors (Lipinski definition) is 1. The second kappa shape index (κ2) is 4.68. The maximum Gasteiger partial charge on any atom is 0.293 e. The summed E-state index contributed by atoms with van der Waals surface area (Å²) in [6.07, 6.45) is 1.04. The second-order valence-corrected chi connectivity index (χ2v) is 2.96. The van der Waals surface area contributed by atoms with Crippen LogP contribution < -0.4 is 5.73 Å². The molecule has 17 heavy (non-hydrogen) atoms. The van der Waals surface area contributed by atoms with Crippen molar-refractivity contribution in [1.82, 2.24) is 4.98 Å². The van der Waals surface area contributed by atoms with Gasteiger partial charge in [-0.05, 0) is 0 Å². The first kappa shape index (κ1) is 12.1. The number of pyridine rings is 1. The summed E-state index contributed by atoms with van der Waals surface area (Å²) in [7, 11) is 0. The third kappa shape index (κ3) is 2.33. The Hall–Kier alpha value is -3.00. The van der Waals surface area contributed by atoms with Crippen LogP contribution in [0, 0.1) is 32.8 Å². The van der Waals surface area contributed by atoms with Crippen LogP contribution >= 0.6 is 0 Å². The van der Waals surface area contributed by atoms with Crippen molar-refractivity contribution in [1.29, 1.82) is 10.5 Å². The monoisotopic (exact) mass is 231 g/mol. The molecule has 0 radical (unpaired) electrons. The number of nitrogens with two attached hydrogens (primary N) is 1. The molecule has 0 aliphatic rings. The number of primary amides is 1. The second-order valence-electron chi connectivity index (χ2n) is 2.96. The van der Waals surface area contributed by atoms with E-state index < -0.39 is 22.4 Å². The maximum atomic E-state index is 10.9. The zero-order chi connectivity index (χ0) is 13.0. The molecular weight excluding hydrogens is 226 g/mol. The molecule has 1 aromatic rings. The third-order valence-corrected chi connectivity index (χ3v) is 1.91. The number of carbonyl (C=O) groups is 1. The van der Waals surface area contributed by atoms with Crippen LogP contribution in [-0.4, -0.2) is 15.8 Å². The van der Waals surface area contributed by atoms with Crippen LogP contribution in [0.25, 0.3) is 0 Å². The van der Waals surface area contributed by atoms with Gasteiger partial charge >= 0.3 is 0 Å². The highest BCUT2D eigenvalue weighted by atomic mass is 16.6. The highest BCUT2D eigenvalue weighted by Crippen LogP contribution is 2.24. The van der Waals surface area contributed by atoms with Gasteiger partial charge in [-0.25, -0.2) is 0 Å². The average molecular weight is 231 g/mol. The van der Waals surface area contributed by atoms with E-state index >= 15 is 0 Å². The van der Waals surface area contributed by atoms with Crippen molar-refractivity contribution in [2.45, 2.75) is 5.92 Å². The number of carbonyl (C=O) groups excluding carboxylic acids is 1. The summed E-state index contributed by atoms with van der Waals surface area (Å²) in [5, 5.41) is 28.0. The van der Waals surface area contributed by atoms with E-state index in [1.807, 2.05) is 0 Å². The lowest BCUT2D eigenvalue weighted by Crippen LogP contribution is -2.22. The van der Waals surface area contributed by atoms with E-state index in [0.717, 1.165) is 12.3 Å². The van der Waals surface area contributed by atoms with Crippen molar-refractivity contribution in [3.63, 3.8) is 0 Å². The summed E-state index contributed by atoms with van der Waals surface area (Å²) in [5.74, 6) is -2.55. The molecule has 2 N–H and O–H groups in total. The van der Waals surface area contributed by atoms with E-state index in [9.17, 15) is 14.9 Å². The summed E-state index contributed by atoms with van der Waals surface area (Å²) in [5.41, 5.74) is 3.96. The molecule has 0 aromatic carbocycles. The zero-order valence-electron chi connectivity index (χ0n) is 8.32. The Labute approximate surface area is 95.1 Å². The molecule has 1 rings (SSSR count). The first-order valence-electron chi connectivity index (χ1n) is 4.24. The molecule has 0 saturated heterocycles. The summed E-state index contributed by atoms with van der Waals surface area (Å²) in [4.78, 5) is 24.4. The third-order valence-electron chi connectivity index (χ3n) is 1.91. The van der Waals surface area contributed by atoms with Gasteiger partial charge in [0.1, 0.15) is 11.8 Å². The molecule has 84 valence electrons. The number of amides is 1. The minimum absolute atomic E-state index is 0.0402. The number of nitrogens with zero attached hydrogens (tertiary/aromatic N) is 4. The van der Waals surface area contributed by atoms with Crippen LogP contribution in [-0.2, 0) is 4.79 Å². The predicted molar refractivity (Wildman–Crippen MR) is 53.2 cm³/mol. The van der Waals surface area contributed by atoms with E-state index in [4.69, 9.17) is 16.3 Å². The average Bonchev–Trinajstić information content (AvgIpc) is 2.29. The number of nitro groups is 1. The van der Waals surface area contributed by atoms with Crippen LogP contribution in [0.1, 0.15) is 17.2 Å². The van der Waals surface area contributed by atoms with E-state index in [0.29, 0.717) is 0 Å². The molecule has 0 fully saturated rings. The maximum absolute atomic E-state index is 10.9. The molecule has 1 heterocycles. The minimum Gasteiger partial charge on any atom is -0.368 e. The van der Waals surface area contributed by atoms with Crippen molar-refractivity contribution in [3.05, 3.63) is 33.6 Å². The molecule has 0 spiro atoms. The van der Waals surface area contributed by atoms with E-state index in [2.05, 4.69) is 4.98 Å². The molecule has 0 bridgehead atoms. The number of hydrogen-bond acceptors (Lipinski definition) is 6. The molecule has 1 atom stereocenters. The number of nitriles is 2. The normalized spacial score (nSPS) is 10.9. The van der Waals surface area contributed by atoms with Crippen LogP contribution in [0.4, 0.5) is 5.69 Å². The molecule has 1 unspecified atom stereocenters. The lowest BCUT2D eigenvalue weighted by molar-refractivity contribution is -0.386. The van der Waals surface area contributed by atoms with Crippen LogP contribution in [0.15, 0.2) is 12.3 Å². The fraction of sp³-hybridized carbons (Fsp3) is 0.111. The zero-order valence-corrected chi connectivity index (χ0v) is 8.32. The minimum atomic E-state index is -1.51. The van der Waals surface area contributed by atoms with E-state index in [1.165, 1.54) is 6.07 Å². The lowest BCUT2D eigenvalue weighted by atomic mass is 10.0. The van der Waals surface area contributed by atoms with E-state index in [1.54, 1.807) is 6.07 Å². The van der Waals surface area contributed by atoms with Gasteiger partial charge in [0.2, 0.25) is 5.91 Å². The number of rotatable bonds is 3. The van der Waals surface area contributed by atoms with Gasteiger partial charge in [0, 0.05) is 12.3 Å². The molecule has 0 saturated carbocycles. The lowest BCUT2D eigenvalue weighted by Gasteiger charge is -2.04. The van der Waals surface area contributed by atoms with Crippen molar-refractivity contribution >= 4 is 11.6 Å². The summed E-state index contributed by atoms with van der Waals surface area (Å²) >= 11 is 0. The molecule has 1 amide bonds. The summed E-state index contributed by atoms with van der Waals surface area (Å²) < 4.78 is 0. The topological polar surface area (TPSA) is 147 Å². The van der Waals surface area contributed by atoms with Crippen molar-refractivity contribution in [2.75, 3.05) is 0 Å². The van der Waals surface area contributed by atoms with Crippen LogP contribution in [0.2, 0.25) is 0 Å². The fourth-order valence-electron chi connectivity index (χ4n) is 1.15. The highest BCUT2D eigenvalue weighted by molar-refractivity contribution is 5.85. The van der Waals surface area contributed by atoms with Gasteiger partial charge in [-0.2, -0.15) is 10.5 Å². The molecule has 8 nitrogen and oxygen atoms in total. The van der Waals surface area contributed by atoms with Gasteiger partial charge < -0.3 is 5.73 Å². The molecule has 1 aromatic heterocycles. The van der Waals surface area contributed by atoms with E-state index in [-0.39, 0.29) is 11.3 Å². The Morgan fingerprint density at radius 2 is 2.24 bits per heavy atom. The largest absolute Gasteiger partial charge is 0.368 e. The Morgan fingerprint density at radius 3 is 2.65 bits per heavy atom. The first-order chi connectivity index (χ1) is 8.01. The predicted octanol–water partition coefficient (Wildman–Crippen LogP) is -0.0460. The van der Waals surface area contributed by atoms with Gasteiger partial charge in [-0.15, -0.1) is 0 Å². The van der Waals surface area contributed by atoms with Crippen molar-refractivity contribution < 1.29 is 9.72 Å². The van der Waals surface area contributed by atoms with Gasteiger partial charge in [-0.1, -0.05) is 0 Å². The molecular formula is C9H5N5O3. The van der Waals surface area contributed by atoms with Crippen LogP contribution in [0.3, 0.4) is 0 Å². The quantitative estimate of drug-likeness (QED) is 0.569. The van der Waals surface area contributed by atoms with Crippen LogP contribution in [0.5, 0.6) is 0 Å². The SMILES string of the molecule is N#Cc1cnc(C(C#N)C(N)=O)c([N+](=O)[O-])c1. The summed E-state index contributed by atoms with van der Waals surface area (Å²) in [6, 6.07) is 4.14. The Bertz CT molecular complexity index is 569. The van der Waals surface area contributed by atoms with Crippen molar-refractivity contribution in [2.24, 2.45) is 5.73 Å². The van der Waals surface area contributed by atoms with Gasteiger partial charge in [0.15, 0.2) is 5.92 Å². The summed E-state index contributed by atoms with van der Waals surface area (Å²) in [6.45, 7) is 0. The Balaban J connectivity index is 3.44. The standard InChI is InChI=1S/C9H5N5O3/c10-2-5-1-7(14(16)17)8(13-4-5)6(3-11)9(12)15/h1,4,6H,(H2,12,15). The number of aromatic nitrogens is 1. The van der Waals surface area contributed by atoms with Crippen molar-refractivity contribution in [3.8, 4) is 12.1 Å². The molecule has 0 aliphatic carbocycles. The fourth-order valence-corrected chi connectivity index (χ4v) is 1.15. The Morgan fingerprint density at radius 1 is 1.59 bits per heavy atom. The molecule has 0 aliphatic heterocycles. The van der Waals surface area contributed by atoms with Gasteiger partial charge in [0.25, 0.3) is 5.69 Å². The molecule has 8 heteroatoms.